The van der Waals surface area contributed by atoms with E-state index in [1.54, 1.807) is 12.4 Å². The Balaban J connectivity index is 2.14. The molecule has 1 aliphatic rings. The van der Waals surface area contributed by atoms with Gasteiger partial charge in [-0.1, -0.05) is 33.1 Å². The normalized spacial score (nSPS) is 18.0. The van der Waals surface area contributed by atoms with Gasteiger partial charge in [0.25, 0.3) is 0 Å². The van der Waals surface area contributed by atoms with E-state index in [1.165, 1.54) is 6.42 Å². The summed E-state index contributed by atoms with van der Waals surface area (Å²) in [5.41, 5.74) is 0.488. The summed E-state index contributed by atoms with van der Waals surface area (Å²) in [6.45, 7) is 4.82. The van der Waals surface area contributed by atoms with Crippen LogP contribution in [0.4, 0.5) is 0 Å². The van der Waals surface area contributed by atoms with Gasteiger partial charge in [-0.05, 0) is 25.3 Å². The monoisotopic (exact) mass is 261 g/mol. The van der Waals surface area contributed by atoms with Crippen molar-refractivity contribution in [2.75, 3.05) is 6.61 Å². The Morgan fingerprint density at radius 1 is 1.32 bits per heavy atom. The van der Waals surface area contributed by atoms with Gasteiger partial charge in [0.05, 0.1) is 12.8 Å². The molecule has 0 atom stereocenters. The molecular formula is C16H23NO2. The molecular weight excluding hydrogens is 238 g/mol. The van der Waals surface area contributed by atoms with Crippen LogP contribution in [0.5, 0.6) is 5.75 Å². The number of nitrogens with zero attached hydrogens (tertiary/aromatic N) is 1. The van der Waals surface area contributed by atoms with E-state index in [9.17, 15) is 4.79 Å². The van der Waals surface area contributed by atoms with Crippen LogP contribution in [0.25, 0.3) is 0 Å². The summed E-state index contributed by atoms with van der Waals surface area (Å²) in [4.78, 5) is 16.8. The van der Waals surface area contributed by atoms with Crippen molar-refractivity contribution in [2.24, 2.45) is 5.41 Å². The van der Waals surface area contributed by atoms with Crippen molar-refractivity contribution in [2.45, 2.75) is 52.4 Å². The number of ketones is 1. The predicted octanol–water partition coefficient (Wildman–Crippen LogP) is 4.02. The molecule has 0 aromatic carbocycles. The van der Waals surface area contributed by atoms with Crippen molar-refractivity contribution >= 4 is 5.78 Å². The highest BCUT2D eigenvalue weighted by atomic mass is 16.5. The quantitative estimate of drug-likeness (QED) is 0.751. The zero-order valence-electron chi connectivity index (χ0n) is 11.9. The first-order chi connectivity index (χ1) is 9.15. The van der Waals surface area contributed by atoms with Gasteiger partial charge in [0.2, 0.25) is 0 Å². The van der Waals surface area contributed by atoms with Crippen LogP contribution in [0.3, 0.4) is 0 Å². The molecule has 1 aromatic rings. The Bertz CT molecular complexity index is 436. The standard InChI is InChI=1S/C16H23NO2/c1-3-9-19-14-10-13(11-17-12-14)15(18)16(2)7-5-4-6-8-16/h10-12H,3-9H2,1-2H3. The Kier molecular flexibility index (Phi) is 4.56. The van der Waals surface area contributed by atoms with Gasteiger partial charge in [0.1, 0.15) is 5.75 Å². The lowest BCUT2D eigenvalue weighted by atomic mass is 9.71. The first-order valence-electron chi connectivity index (χ1n) is 7.28. The second kappa shape index (κ2) is 6.18. The Morgan fingerprint density at radius 2 is 2.05 bits per heavy atom. The second-order valence-electron chi connectivity index (χ2n) is 5.71. The van der Waals surface area contributed by atoms with Crippen molar-refractivity contribution in [3.63, 3.8) is 0 Å². The van der Waals surface area contributed by atoms with Crippen LogP contribution < -0.4 is 4.74 Å². The number of Topliss-reactive ketones (excluding diaryl/α,β-unsaturated/α-hetero) is 1. The lowest BCUT2D eigenvalue weighted by Gasteiger charge is -2.31. The largest absolute Gasteiger partial charge is 0.492 e. The number of carbonyl (C=O) groups is 1. The average molecular weight is 261 g/mol. The number of rotatable bonds is 5. The fourth-order valence-corrected chi connectivity index (χ4v) is 2.75. The number of hydrogen-bond donors (Lipinski definition) is 0. The maximum absolute atomic E-state index is 12.7. The van der Waals surface area contributed by atoms with E-state index in [2.05, 4.69) is 18.8 Å². The Hall–Kier alpha value is -1.38. The molecule has 1 fully saturated rings. The zero-order valence-corrected chi connectivity index (χ0v) is 11.9. The molecule has 1 aromatic heterocycles. The summed E-state index contributed by atoms with van der Waals surface area (Å²) < 4.78 is 5.55. The smallest absolute Gasteiger partial charge is 0.170 e. The highest BCUT2D eigenvalue weighted by Gasteiger charge is 2.35. The second-order valence-corrected chi connectivity index (χ2v) is 5.71. The van der Waals surface area contributed by atoms with E-state index in [1.807, 2.05) is 6.07 Å². The molecule has 1 aliphatic carbocycles. The van der Waals surface area contributed by atoms with E-state index in [4.69, 9.17) is 4.74 Å². The van der Waals surface area contributed by atoms with Gasteiger partial charge in [0.15, 0.2) is 5.78 Å². The molecule has 0 spiro atoms. The lowest BCUT2D eigenvalue weighted by Crippen LogP contribution is -2.30. The molecule has 0 saturated heterocycles. The van der Waals surface area contributed by atoms with Crippen LogP contribution in [-0.2, 0) is 0 Å². The molecule has 0 radical (unpaired) electrons. The topological polar surface area (TPSA) is 39.2 Å². The van der Waals surface area contributed by atoms with Crippen LogP contribution >= 0.6 is 0 Å². The fourth-order valence-electron chi connectivity index (χ4n) is 2.75. The molecule has 3 nitrogen and oxygen atoms in total. The summed E-state index contributed by atoms with van der Waals surface area (Å²) >= 11 is 0. The minimum Gasteiger partial charge on any atom is -0.492 e. The van der Waals surface area contributed by atoms with E-state index in [0.29, 0.717) is 17.9 Å². The summed E-state index contributed by atoms with van der Waals surface area (Å²) in [7, 11) is 0. The minimum atomic E-state index is -0.205. The molecule has 3 heteroatoms. The van der Waals surface area contributed by atoms with Crippen LogP contribution in [0.2, 0.25) is 0 Å². The van der Waals surface area contributed by atoms with Crippen molar-refractivity contribution in [1.82, 2.24) is 4.98 Å². The maximum Gasteiger partial charge on any atom is 0.170 e. The van der Waals surface area contributed by atoms with Crippen LogP contribution in [0, 0.1) is 5.41 Å². The molecule has 1 saturated carbocycles. The summed E-state index contributed by atoms with van der Waals surface area (Å²) in [5.74, 6) is 0.925. The summed E-state index contributed by atoms with van der Waals surface area (Å²) in [6.07, 6.45) is 9.84. The van der Waals surface area contributed by atoms with Gasteiger partial charge < -0.3 is 4.74 Å². The number of ether oxygens (including phenoxy) is 1. The number of aromatic nitrogens is 1. The molecule has 104 valence electrons. The number of pyridine rings is 1. The van der Waals surface area contributed by atoms with Crippen molar-refractivity contribution < 1.29 is 9.53 Å². The summed E-state index contributed by atoms with van der Waals surface area (Å²) in [6, 6.07) is 1.84. The highest BCUT2D eigenvalue weighted by Crippen LogP contribution is 2.38. The van der Waals surface area contributed by atoms with Gasteiger partial charge in [-0.15, -0.1) is 0 Å². The van der Waals surface area contributed by atoms with Crippen LogP contribution in [-0.4, -0.2) is 17.4 Å². The van der Waals surface area contributed by atoms with Gasteiger partial charge in [-0.2, -0.15) is 0 Å². The zero-order chi connectivity index (χ0) is 13.7. The number of carbonyl (C=O) groups excluding carboxylic acids is 1. The van der Waals surface area contributed by atoms with E-state index in [-0.39, 0.29) is 11.2 Å². The van der Waals surface area contributed by atoms with Crippen molar-refractivity contribution in [3.05, 3.63) is 24.0 Å². The minimum absolute atomic E-state index is 0.205. The summed E-state index contributed by atoms with van der Waals surface area (Å²) in [5, 5.41) is 0. The lowest BCUT2D eigenvalue weighted by molar-refractivity contribution is 0.0748. The third-order valence-corrected chi connectivity index (χ3v) is 3.95. The first-order valence-corrected chi connectivity index (χ1v) is 7.28. The van der Waals surface area contributed by atoms with E-state index in [0.717, 1.165) is 32.1 Å². The van der Waals surface area contributed by atoms with Gasteiger partial charge in [0, 0.05) is 17.2 Å². The third kappa shape index (κ3) is 3.34. The number of hydrogen-bond acceptors (Lipinski definition) is 3. The van der Waals surface area contributed by atoms with Crippen LogP contribution in [0.1, 0.15) is 62.7 Å². The van der Waals surface area contributed by atoms with Gasteiger partial charge >= 0.3 is 0 Å². The maximum atomic E-state index is 12.7. The Morgan fingerprint density at radius 3 is 2.74 bits per heavy atom. The van der Waals surface area contributed by atoms with E-state index >= 15 is 0 Å². The molecule has 0 unspecified atom stereocenters. The van der Waals surface area contributed by atoms with Gasteiger partial charge in [-0.25, -0.2) is 0 Å². The van der Waals surface area contributed by atoms with Crippen LogP contribution in [0.15, 0.2) is 18.5 Å². The Labute approximate surface area is 115 Å². The molecule has 0 amide bonds. The molecule has 19 heavy (non-hydrogen) atoms. The SMILES string of the molecule is CCCOc1cncc(C(=O)C2(C)CCCCC2)c1. The predicted molar refractivity (Wildman–Crippen MR) is 75.5 cm³/mol. The first kappa shape index (κ1) is 14.0. The third-order valence-electron chi connectivity index (χ3n) is 3.95. The van der Waals surface area contributed by atoms with E-state index < -0.39 is 0 Å². The molecule has 0 N–H and O–H groups in total. The van der Waals surface area contributed by atoms with Crippen molar-refractivity contribution in [1.29, 1.82) is 0 Å². The molecule has 1 heterocycles. The molecule has 0 bridgehead atoms. The van der Waals surface area contributed by atoms with Crippen molar-refractivity contribution in [3.8, 4) is 5.75 Å². The van der Waals surface area contributed by atoms with Gasteiger partial charge in [-0.3, -0.25) is 9.78 Å². The molecule has 0 aliphatic heterocycles. The average Bonchev–Trinajstić information content (AvgIpc) is 2.45. The molecule has 2 rings (SSSR count). The fraction of sp³-hybridized carbons (Fsp3) is 0.625. The highest BCUT2D eigenvalue weighted by molar-refractivity contribution is 6.00.